The van der Waals surface area contributed by atoms with Crippen LogP contribution < -0.4 is 5.73 Å². The lowest BCUT2D eigenvalue weighted by Gasteiger charge is -2.30. The lowest BCUT2D eigenvalue weighted by molar-refractivity contribution is -0.183. The summed E-state index contributed by atoms with van der Waals surface area (Å²) in [5.74, 6) is -0.0490. The summed E-state index contributed by atoms with van der Waals surface area (Å²) in [7, 11) is 1.54. The van der Waals surface area contributed by atoms with Gasteiger partial charge in [-0.25, -0.2) is 9.37 Å². The number of hydrogen-bond donors (Lipinski definition) is 1. The van der Waals surface area contributed by atoms with E-state index in [0.29, 0.717) is 53.1 Å². The monoisotopic (exact) mass is 560 g/mol. The van der Waals surface area contributed by atoms with Gasteiger partial charge < -0.3 is 10.5 Å². The van der Waals surface area contributed by atoms with Gasteiger partial charge in [0.1, 0.15) is 17.6 Å². The summed E-state index contributed by atoms with van der Waals surface area (Å²) in [5, 5.41) is 8.88. The maximum absolute atomic E-state index is 14.4. The van der Waals surface area contributed by atoms with E-state index >= 15 is 0 Å². The fourth-order valence-electron chi connectivity index (χ4n) is 4.62. The molecule has 0 saturated carbocycles. The molecule has 4 aromatic rings. The van der Waals surface area contributed by atoms with E-state index in [-0.39, 0.29) is 55.3 Å². The van der Waals surface area contributed by atoms with Crippen LogP contribution in [0, 0.1) is 5.82 Å². The van der Waals surface area contributed by atoms with Crippen molar-refractivity contribution in [2.24, 2.45) is 5.73 Å². The van der Waals surface area contributed by atoms with Gasteiger partial charge in [-0.3, -0.25) is 9.30 Å². The SMILES string of the molecule is COCCc1cc2nc(-c3nnc4ccc([C@@H](N5CC[C@H](N)C5)C(F)(F)F)cn34)ccc2cc1F.Cl.Cl. The van der Waals surface area contributed by atoms with E-state index < -0.39 is 12.2 Å². The van der Waals surface area contributed by atoms with E-state index in [1.165, 1.54) is 33.7 Å². The summed E-state index contributed by atoms with van der Waals surface area (Å²) in [6.07, 6.45) is -2.16. The van der Waals surface area contributed by atoms with Gasteiger partial charge in [0.25, 0.3) is 0 Å². The Morgan fingerprint density at radius 1 is 1.14 bits per heavy atom. The van der Waals surface area contributed by atoms with Crippen molar-refractivity contribution < 1.29 is 22.3 Å². The van der Waals surface area contributed by atoms with Crippen LogP contribution in [0.3, 0.4) is 0 Å². The first kappa shape index (κ1) is 29.0. The number of halogens is 6. The van der Waals surface area contributed by atoms with Crippen molar-refractivity contribution in [3.8, 4) is 11.5 Å². The summed E-state index contributed by atoms with van der Waals surface area (Å²) in [6.45, 7) is 0.806. The number of hydrogen-bond acceptors (Lipinski definition) is 6. The highest BCUT2D eigenvalue weighted by molar-refractivity contribution is 5.85. The Hall–Kier alpha value is -2.57. The molecule has 37 heavy (non-hydrogen) atoms. The molecule has 1 fully saturated rings. The molecule has 1 aromatic carbocycles. The molecule has 2 N–H and O–H groups in total. The highest BCUT2D eigenvalue weighted by atomic mass is 35.5. The number of pyridine rings is 2. The van der Waals surface area contributed by atoms with Crippen LogP contribution >= 0.6 is 24.8 Å². The van der Waals surface area contributed by atoms with Gasteiger partial charge in [0.05, 0.1) is 12.1 Å². The molecule has 2 atom stereocenters. The molecule has 0 radical (unpaired) electrons. The van der Waals surface area contributed by atoms with E-state index in [4.69, 9.17) is 10.5 Å². The van der Waals surface area contributed by atoms with Crippen molar-refractivity contribution in [2.75, 3.05) is 26.8 Å². The van der Waals surface area contributed by atoms with Crippen LogP contribution in [0.4, 0.5) is 17.6 Å². The number of alkyl halides is 3. The van der Waals surface area contributed by atoms with Crippen molar-refractivity contribution in [2.45, 2.75) is 31.1 Å². The van der Waals surface area contributed by atoms with E-state index in [2.05, 4.69) is 15.2 Å². The Labute approximate surface area is 222 Å². The topological polar surface area (TPSA) is 81.6 Å². The normalized spacial score (nSPS) is 17.1. The van der Waals surface area contributed by atoms with Crippen LogP contribution in [0.2, 0.25) is 0 Å². The minimum atomic E-state index is -4.48. The van der Waals surface area contributed by atoms with Gasteiger partial charge in [-0.2, -0.15) is 13.2 Å². The highest BCUT2D eigenvalue weighted by Gasteiger charge is 2.46. The molecule has 0 amide bonds. The van der Waals surface area contributed by atoms with Gasteiger partial charge in [-0.1, -0.05) is 12.1 Å². The summed E-state index contributed by atoms with van der Waals surface area (Å²) in [6, 6.07) is 7.29. The molecule has 0 unspecified atom stereocenters. The fraction of sp³-hybridized carbons (Fsp3) is 0.375. The number of fused-ring (bicyclic) bond motifs is 2. The lowest BCUT2D eigenvalue weighted by atomic mass is 10.1. The Bertz CT molecular complexity index is 1380. The third-order valence-corrected chi connectivity index (χ3v) is 6.33. The van der Waals surface area contributed by atoms with Crippen molar-refractivity contribution in [1.29, 1.82) is 0 Å². The number of nitrogens with two attached hydrogens (primary N) is 1. The van der Waals surface area contributed by atoms with Crippen molar-refractivity contribution in [3.05, 3.63) is 59.5 Å². The number of rotatable bonds is 6. The van der Waals surface area contributed by atoms with Crippen LogP contribution in [0.15, 0.2) is 42.6 Å². The van der Waals surface area contributed by atoms with Crippen molar-refractivity contribution >= 4 is 41.4 Å². The standard InChI is InChI=1S/C24H24F4N6O.2ClH/c1-35-9-7-14-11-20-15(10-18(14)25)2-4-19(30-20)23-32-31-21-5-3-16(12-34(21)23)22(24(26,27)28)33-8-6-17(29)13-33;;/h2-5,10-12,17,22H,6-9,13,29H2,1H3;2*1H/t17-,22+;;/m0../s1. The van der Waals surface area contributed by atoms with E-state index in [0.717, 1.165) is 0 Å². The quantitative estimate of drug-likeness (QED) is 0.343. The molecule has 5 rings (SSSR count). The molecular weight excluding hydrogens is 535 g/mol. The second kappa shape index (κ2) is 11.4. The predicted molar refractivity (Wildman–Crippen MR) is 137 cm³/mol. The van der Waals surface area contributed by atoms with Crippen molar-refractivity contribution in [3.63, 3.8) is 0 Å². The van der Waals surface area contributed by atoms with E-state index in [9.17, 15) is 17.6 Å². The maximum Gasteiger partial charge on any atom is 0.408 e. The first-order valence-electron chi connectivity index (χ1n) is 11.2. The molecule has 0 aliphatic carbocycles. The Morgan fingerprint density at radius 2 is 1.92 bits per heavy atom. The Kier molecular flexibility index (Phi) is 8.97. The zero-order chi connectivity index (χ0) is 24.7. The zero-order valence-electron chi connectivity index (χ0n) is 19.8. The molecule has 3 aromatic heterocycles. The number of likely N-dealkylation sites (tertiary alicyclic amines) is 1. The third kappa shape index (κ3) is 5.80. The zero-order valence-corrected chi connectivity index (χ0v) is 21.4. The number of ether oxygens (including phenoxy) is 1. The molecule has 0 bridgehead atoms. The van der Waals surface area contributed by atoms with Gasteiger partial charge in [-0.05, 0) is 48.2 Å². The predicted octanol–water partition coefficient (Wildman–Crippen LogP) is 4.75. The summed E-state index contributed by atoms with van der Waals surface area (Å²) in [5.41, 5.74) is 7.77. The minimum Gasteiger partial charge on any atom is -0.384 e. The highest BCUT2D eigenvalue weighted by Crippen LogP contribution is 2.39. The maximum atomic E-state index is 14.4. The molecule has 4 heterocycles. The second-order valence-corrected chi connectivity index (χ2v) is 8.78. The van der Waals surface area contributed by atoms with Gasteiger partial charge >= 0.3 is 6.18 Å². The van der Waals surface area contributed by atoms with Crippen LogP contribution in [-0.2, 0) is 11.2 Å². The van der Waals surface area contributed by atoms with Crippen LogP contribution in [0.25, 0.3) is 28.1 Å². The van der Waals surface area contributed by atoms with Crippen molar-refractivity contribution in [1.82, 2.24) is 24.5 Å². The molecule has 200 valence electrons. The van der Waals surface area contributed by atoms with Crippen LogP contribution in [0.5, 0.6) is 0 Å². The summed E-state index contributed by atoms with van der Waals surface area (Å²) in [4.78, 5) is 5.97. The Morgan fingerprint density at radius 3 is 2.59 bits per heavy atom. The Balaban J connectivity index is 0.00000190. The minimum absolute atomic E-state index is 0. The average molecular weight is 561 g/mol. The number of aromatic nitrogens is 4. The average Bonchev–Trinajstić information content (AvgIpc) is 3.42. The molecule has 0 spiro atoms. The number of methoxy groups -OCH3 is 1. The number of nitrogens with zero attached hydrogens (tertiary/aromatic N) is 5. The van der Waals surface area contributed by atoms with Crippen LogP contribution in [-0.4, -0.2) is 63.5 Å². The lowest BCUT2D eigenvalue weighted by Crippen LogP contribution is -2.38. The molecule has 13 heteroatoms. The molecule has 1 saturated heterocycles. The first-order valence-corrected chi connectivity index (χ1v) is 11.2. The largest absolute Gasteiger partial charge is 0.408 e. The van der Waals surface area contributed by atoms with E-state index in [1.807, 2.05) is 0 Å². The summed E-state index contributed by atoms with van der Waals surface area (Å²) >= 11 is 0. The van der Waals surface area contributed by atoms with E-state index in [1.54, 1.807) is 25.3 Å². The molecule has 7 nitrogen and oxygen atoms in total. The first-order chi connectivity index (χ1) is 16.7. The van der Waals surface area contributed by atoms with Crippen LogP contribution in [0.1, 0.15) is 23.6 Å². The van der Waals surface area contributed by atoms with Gasteiger partial charge in [0.15, 0.2) is 11.5 Å². The molecule has 1 aliphatic heterocycles. The summed E-state index contributed by atoms with van der Waals surface area (Å²) < 4.78 is 63.2. The fourth-order valence-corrected chi connectivity index (χ4v) is 4.62. The second-order valence-electron chi connectivity index (χ2n) is 8.78. The molecular formula is C24H26Cl2F4N6O. The third-order valence-electron chi connectivity index (χ3n) is 6.33. The number of benzene rings is 1. The van der Waals surface area contributed by atoms with Gasteiger partial charge in [0.2, 0.25) is 0 Å². The van der Waals surface area contributed by atoms with Gasteiger partial charge in [0, 0.05) is 37.8 Å². The smallest absolute Gasteiger partial charge is 0.384 e. The molecule has 1 aliphatic rings. The van der Waals surface area contributed by atoms with Gasteiger partial charge in [-0.15, -0.1) is 35.0 Å².